The number of hydrogen-bond acceptors (Lipinski definition) is 6. The van der Waals surface area contributed by atoms with Gasteiger partial charge in [0.2, 0.25) is 0 Å². The van der Waals surface area contributed by atoms with Crippen molar-refractivity contribution in [2.24, 2.45) is 0 Å². The molecule has 1 fully saturated rings. The summed E-state index contributed by atoms with van der Waals surface area (Å²) < 4.78 is 27.1. The Balaban J connectivity index is 1.38. The molecule has 37 heavy (non-hydrogen) atoms. The number of carboxylic acid groups (broad SMARTS) is 1. The largest absolute Gasteiger partial charge is 0.485 e. The van der Waals surface area contributed by atoms with Crippen molar-refractivity contribution in [2.75, 3.05) is 45.2 Å². The van der Waals surface area contributed by atoms with E-state index in [1.165, 1.54) is 5.56 Å². The highest BCUT2D eigenvalue weighted by atomic mass is 19.1. The Bertz CT molecular complexity index is 1080. The second-order valence-electron chi connectivity index (χ2n) is 11.1. The Morgan fingerprint density at radius 2 is 2.16 bits per heavy atom. The summed E-state index contributed by atoms with van der Waals surface area (Å²) in [7, 11) is 1.63. The number of methoxy groups -OCH3 is 1. The van der Waals surface area contributed by atoms with Crippen molar-refractivity contribution in [3.05, 3.63) is 53.2 Å². The van der Waals surface area contributed by atoms with Gasteiger partial charge in [0.15, 0.2) is 0 Å². The zero-order valence-electron chi connectivity index (χ0n) is 22.3. The van der Waals surface area contributed by atoms with E-state index in [1.54, 1.807) is 7.11 Å². The van der Waals surface area contributed by atoms with Gasteiger partial charge in [-0.05, 0) is 75.3 Å². The summed E-state index contributed by atoms with van der Waals surface area (Å²) in [4.78, 5) is 18.5. The molecular weight excluding hydrogens is 473 g/mol. The molecular formula is C29H40FN3O4. The molecule has 2 aliphatic heterocycles. The molecule has 2 aliphatic rings. The van der Waals surface area contributed by atoms with Crippen molar-refractivity contribution in [1.82, 2.24) is 9.88 Å². The average Bonchev–Trinajstić information content (AvgIpc) is 3.22. The van der Waals surface area contributed by atoms with Crippen molar-refractivity contribution < 1.29 is 23.8 Å². The summed E-state index contributed by atoms with van der Waals surface area (Å²) in [5.41, 5.74) is 1.23. The number of aromatic nitrogens is 1. The van der Waals surface area contributed by atoms with Gasteiger partial charge in [0.05, 0.1) is 13.0 Å². The number of hydrogen-bond donors (Lipinski definition) is 2. The van der Waals surface area contributed by atoms with Crippen molar-refractivity contribution in [3.63, 3.8) is 0 Å². The number of benzene rings is 1. The van der Waals surface area contributed by atoms with Crippen LogP contribution in [0.5, 0.6) is 5.75 Å². The normalized spacial score (nSPS) is 20.8. The zero-order valence-corrected chi connectivity index (χ0v) is 22.3. The van der Waals surface area contributed by atoms with Crippen LogP contribution < -0.4 is 10.1 Å². The van der Waals surface area contributed by atoms with Crippen LogP contribution in [-0.2, 0) is 22.4 Å². The number of fused-ring (bicyclic) bond motifs is 1. The minimum atomic E-state index is -1.30. The molecule has 4 rings (SSSR count). The van der Waals surface area contributed by atoms with Crippen LogP contribution in [-0.4, -0.2) is 72.1 Å². The number of likely N-dealkylation sites (tertiary alicyclic amines) is 1. The van der Waals surface area contributed by atoms with Gasteiger partial charge in [-0.3, -0.25) is 9.69 Å². The number of halogens is 1. The van der Waals surface area contributed by atoms with Gasteiger partial charge in [-0.25, -0.2) is 9.37 Å². The number of carboxylic acids is 1. The average molecular weight is 514 g/mol. The maximum atomic E-state index is 15.8. The van der Waals surface area contributed by atoms with Gasteiger partial charge in [0.1, 0.15) is 22.8 Å². The number of nitrogens with zero attached hydrogens (tertiary/aromatic N) is 2. The third-order valence-corrected chi connectivity index (χ3v) is 7.28. The SMILES string of the molecule is COCC(C)(C)Oc1cccc(C(CC(=O)O)CN2CCC(F)(CCc3ccc4c(n3)NCCC4)C2)c1. The summed E-state index contributed by atoms with van der Waals surface area (Å²) in [5.74, 6) is 0.484. The van der Waals surface area contributed by atoms with Gasteiger partial charge >= 0.3 is 5.97 Å². The van der Waals surface area contributed by atoms with Crippen LogP contribution in [0.15, 0.2) is 36.4 Å². The second kappa shape index (κ2) is 11.8. The van der Waals surface area contributed by atoms with Crippen molar-refractivity contribution in [3.8, 4) is 5.75 Å². The Hall–Kier alpha value is -2.71. The molecule has 0 spiro atoms. The Morgan fingerprint density at radius 1 is 1.32 bits per heavy atom. The number of pyridine rings is 1. The highest BCUT2D eigenvalue weighted by Gasteiger charge is 2.39. The summed E-state index contributed by atoms with van der Waals surface area (Å²) in [6.07, 6.45) is 3.58. The van der Waals surface area contributed by atoms with Crippen LogP contribution in [0.25, 0.3) is 0 Å². The zero-order chi connectivity index (χ0) is 26.5. The van der Waals surface area contributed by atoms with Gasteiger partial charge < -0.3 is 19.9 Å². The maximum Gasteiger partial charge on any atom is 0.304 e. The first-order valence-corrected chi connectivity index (χ1v) is 13.3. The molecule has 8 heteroatoms. The van der Waals surface area contributed by atoms with Gasteiger partial charge in [-0.15, -0.1) is 0 Å². The molecule has 2 atom stereocenters. The Kier molecular flexibility index (Phi) is 8.70. The lowest BCUT2D eigenvalue weighted by Crippen LogP contribution is -2.34. The molecule has 2 N–H and O–H groups in total. The molecule has 2 aromatic rings. The quantitative estimate of drug-likeness (QED) is 0.420. The fourth-order valence-corrected chi connectivity index (χ4v) is 5.48. The lowest BCUT2D eigenvalue weighted by molar-refractivity contribution is -0.137. The number of aliphatic carboxylic acids is 1. The summed E-state index contributed by atoms with van der Waals surface area (Å²) in [6.45, 7) is 6.66. The van der Waals surface area contributed by atoms with Gasteiger partial charge in [-0.1, -0.05) is 18.2 Å². The number of aryl methyl sites for hydroxylation is 2. The van der Waals surface area contributed by atoms with E-state index in [0.29, 0.717) is 51.3 Å². The van der Waals surface area contributed by atoms with E-state index in [1.807, 2.05) is 44.2 Å². The standard InChI is InChI=1S/C29H40FN3O4/c1-28(2,20-36-3)37-25-8-4-6-22(16-25)23(17-26(34)35)18-33-15-13-29(30,19-33)12-11-24-10-9-21-7-5-14-31-27(21)32-24/h4,6,8-10,16,23H,5,7,11-15,17-20H2,1-3H3,(H,31,32)(H,34,35). The predicted octanol–water partition coefficient (Wildman–Crippen LogP) is 4.85. The van der Waals surface area contributed by atoms with Gasteiger partial charge in [0, 0.05) is 44.9 Å². The van der Waals surface area contributed by atoms with Crippen LogP contribution in [0.4, 0.5) is 10.2 Å². The minimum absolute atomic E-state index is 0.0211. The van der Waals surface area contributed by atoms with E-state index < -0.39 is 17.2 Å². The lowest BCUT2D eigenvalue weighted by Gasteiger charge is -2.27. The van der Waals surface area contributed by atoms with Crippen LogP contribution in [0.3, 0.4) is 0 Å². The number of nitrogens with one attached hydrogen (secondary N) is 1. The summed E-state index contributed by atoms with van der Waals surface area (Å²) in [5, 5.41) is 12.9. The number of ether oxygens (including phenoxy) is 2. The molecule has 1 aromatic carbocycles. The highest BCUT2D eigenvalue weighted by Crippen LogP contribution is 2.34. The molecule has 0 radical (unpaired) electrons. The van der Waals surface area contributed by atoms with Crippen LogP contribution in [0.2, 0.25) is 0 Å². The Labute approximate surface area is 219 Å². The molecule has 1 aromatic heterocycles. The number of carbonyl (C=O) groups is 1. The predicted molar refractivity (Wildman–Crippen MR) is 142 cm³/mol. The summed E-state index contributed by atoms with van der Waals surface area (Å²) >= 11 is 0. The molecule has 0 bridgehead atoms. The van der Waals surface area contributed by atoms with Crippen LogP contribution in [0, 0.1) is 0 Å². The van der Waals surface area contributed by atoms with Crippen molar-refractivity contribution in [2.45, 2.75) is 69.6 Å². The first-order valence-electron chi connectivity index (χ1n) is 13.3. The molecule has 0 aliphatic carbocycles. The first kappa shape index (κ1) is 27.3. The number of anilines is 1. The van der Waals surface area contributed by atoms with E-state index in [-0.39, 0.29) is 12.3 Å². The van der Waals surface area contributed by atoms with E-state index in [9.17, 15) is 9.90 Å². The topological polar surface area (TPSA) is 83.9 Å². The van der Waals surface area contributed by atoms with Crippen LogP contribution in [0.1, 0.15) is 62.3 Å². The molecule has 2 unspecified atom stereocenters. The number of rotatable bonds is 12. The molecule has 202 valence electrons. The molecule has 3 heterocycles. The fraction of sp³-hybridized carbons (Fsp3) is 0.586. The molecule has 0 amide bonds. The van der Waals surface area contributed by atoms with E-state index >= 15 is 4.39 Å². The third kappa shape index (κ3) is 7.65. The number of alkyl halides is 1. The van der Waals surface area contributed by atoms with Crippen LogP contribution >= 0.6 is 0 Å². The molecule has 7 nitrogen and oxygen atoms in total. The Morgan fingerprint density at radius 3 is 2.95 bits per heavy atom. The molecule has 1 saturated heterocycles. The third-order valence-electron chi connectivity index (χ3n) is 7.28. The van der Waals surface area contributed by atoms with Crippen molar-refractivity contribution >= 4 is 11.8 Å². The lowest BCUT2D eigenvalue weighted by atomic mass is 9.94. The monoisotopic (exact) mass is 513 g/mol. The van der Waals surface area contributed by atoms with Gasteiger partial charge in [0.25, 0.3) is 0 Å². The smallest absolute Gasteiger partial charge is 0.304 e. The van der Waals surface area contributed by atoms with E-state index in [0.717, 1.165) is 36.5 Å². The highest BCUT2D eigenvalue weighted by molar-refractivity contribution is 5.68. The first-order chi connectivity index (χ1) is 17.6. The summed E-state index contributed by atoms with van der Waals surface area (Å²) in [6, 6.07) is 11.7. The fourth-order valence-electron chi connectivity index (χ4n) is 5.48. The maximum absolute atomic E-state index is 15.8. The van der Waals surface area contributed by atoms with Crippen molar-refractivity contribution in [1.29, 1.82) is 0 Å². The molecule has 0 saturated carbocycles. The minimum Gasteiger partial charge on any atom is -0.485 e. The van der Waals surface area contributed by atoms with E-state index in [2.05, 4.69) is 16.3 Å². The van der Waals surface area contributed by atoms with Gasteiger partial charge in [-0.2, -0.15) is 0 Å². The van der Waals surface area contributed by atoms with E-state index in [4.69, 9.17) is 14.5 Å². The second-order valence-corrected chi connectivity index (χ2v) is 11.1.